The summed E-state index contributed by atoms with van der Waals surface area (Å²) in [6.45, 7) is 6.51. The van der Waals surface area contributed by atoms with Crippen LogP contribution < -0.4 is 0 Å². The number of hydrogen-bond acceptors (Lipinski definition) is 4. The Hall–Kier alpha value is -1.23. The maximum atomic E-state index is 4.69. The fraction of sp³-hybridized carbons (Fsp3) is 0.667. The molecular weight excluding hydrogens is 268 g/mol. The Morgan fingerprint density at radius 2 is 1.95 bits per heavy atom. The largest absolute Gasteiger partial charge is 0.311 e. The first-order chi connectivity index (χ1) is 9.57. The Balaban J connectivity index is 1.81. The molecule has 0 unspecified atom stereocenters. The van der Waals surface area contributed by atoms with Gasteiger partial charge in [-0.05, 0) is 46.5 Å². The highest BCUT2D eigenvalue weighted by atomic mass is 32.1. The second kappa shape index (κ2) is 4.13. The first kappa shape index (κ1) is 12.5. The molecule has 0 spiro atoms. The van der Waals surface area contributed by atoms with Gasteiger partial charge in [0.1, 0.15) is 11.6 Å². The van der Waals surface area contributed by atoms with Crippen LogP contribution in [0.2, 0.25) is 0 Å². The SMILES string of the molecule is Cc1nc(C(C)(C)c2nnc(C3CC3)n2C2CC2)cs1. The number of aromatic nitrogens is 4. The molecule has 2 heterocycles. The fourth-order valence-corrected chi connectivity index (χ4v) is 3.59. The smallest absolute Gasteiger partial charge is 0.145 e. The van der Waals surface area contributed by atoms with E-state index in [-0.39, 0.29) is 5.41 Å². The van der Waals surface area contributed by atoms with Gasteiger partial charge in [-0.15, -0.1) is 21.5 Å². The second-order valence-electron chi connectivity index (χ2n) is 6.63. The van der Waals surface area contributed by atoms with Crippen molar-refractivity contribution in [3.8, 4) is 0 Å². The van der Waals surface area contributed by atoms with E-state index in [4.69, 9.17) is 0 Å². The number of aryl methyl sites for hydroxylation is 1. The summed E-state index contributed by atoms with van der Waals surface area (Å²) in [5.41, 5.74) is 0.963. The van der Waals surface area contributed by atoms with Gasteiger partial charge in [0.25, 0.3) is 0 Å². The molecule has 2 fully saturated rings. The summed E-state index contributed by atoms with van der Waals surface area (Å²) in [4.78, 5) is 4.69. The Bertz CT molecular complexity index is 647. The molecule has 0 radical (unpaired) electrons. The lowest BCUT2D eigenvalue weighted by molar-refractivity contribution is 0.516. The fourth-order valence-electron chi connectivity index (χ4n) is 2.81. The van der Waals surface area contributed by atoms with Gasteiger partial charge in [-0.2, -0.15) is 0 Å². The standard InChI is InChI=1S/C15H20N4S/c1-9-16-12(8-20-9)15(2,3)14-18-17-13(10-4-5-10)19(14)11-6-7-11/h8,10-11H,4-7H2,1-3H3. The molecular formula is C15H20N4S. The van der Waals surface area contributed by atoms with E-state index in [1.54, 1.807) is 11.3 Å². The van der Waals surface area contributed by atoms with E-state index >= 15 is 0 Å². The lowest BCUT2D eigenvalue weighted by atomic mass is 9.89. The van der Waals surface area contributed by atoms with E-state index in [0.717, 1.165) is 16.5 Å². The number of hydrogen-bond donors (Lipinski definition) is 0. The average Bonchev–Trinajstić information content (AvgIpc) is 3.34. The van der Waals surface area contributed by atoms with Gasteiger partial charge >= 0.3 is 0 Å². The minimum Gasteiger partial charge on any atom is -0.311 e. The Labute approximate surface area is 123 Å². The molecule has 0 atom stereocenters. The van der Waals surface area contributed by atoms with Gasteiger partial charge in [-0.3, -0.25) is 0 Å². The van der Waals surface area contributed by atoms with Gasteiger partial charge in [0.2, 0.25) is 0 Å². The molecule has 0 bridgehead atoms. The van der Waals surface area contributed by atoms with E-state index in [9.17, 15) is 0 Å². The van der Waals surface area contributed by atoms with E-state index in [1.165, 1.54) is 31.5 Å². The van der Waals surface area contributed by atoms with Gasteiger partial charge in [0.05, 0.1) is 16.1 Å². The van der Waals surface area contributed by atoms with Crippen molar-refractivity contribution in [3.63, 3.8) is 0 Å². The van der Waals surface area contributed by atoms with Crippen molar-refractivity contribution in [2.75, 3.05) is 0 Å². The van der Waals surface area contributed by atoms with Crippen molar-refractivity contribution in [2.24, 2.45) is 0 Å². The summed E-state index contributed by atoms with van der Waals surface area (Å²) >= 11 is 1.71. The zero-order chi connectivity index (χ0) is 13.9. The Morgan fingerprint density at radius 3 is 2.50 bits per heavy atom. The molecule has 4 rings (SSSR count). The van der Waals surface area contributed by atoms with E-state index < -0.39 is 0 Å². The van der Waals surface area contributed by atoms with Crippen molar-refractivity contribution >= 4 is 11.3 Å². The summed E-state index contributed by atoms with van der Waals surface area (Å²) in [5.74, 6) is 2.99. The first-order valence-corrected chi connectivity index (χ1v) is 8.33. The summed E-state index contributed by atoms with van der Waals surface area (Å²) in [7, 11) is 0. The molecule has 20 heavy (non-hydrogen) atoms. The highest BCUT2D eigenvalue weighted by Gasteiger charge is 2.41. The molecule has 4 nitrogen and oxygen atoms in total. The van der Waals surface area contributed by atoms with Crippen LogP contribution in [0.15, 0.2) is 5.38 Å². The second-order valence-corrected chi connectivity index (χ2v) is 7.70. The molecule has 2 saturated carbocycles. The molecule has 0 amide bonds. The third kappa shape index (κ3) is 1.91. The third-order valence-electron chi connectivity index (χ3n) is 4.40. The van der Waals surface area contributed by atoms with Gasteiger partial charge in [0, 0.05) is 17.3 Å². The quantitative estimate of drug-likeness (QED) is 0.863. The van der Waals surface area contributed by atoms with Crippen molar-refractivity contribution in [2.45, 2.75) is 63.8 Å². The van der Waals surface area contributed by atoms with Crippen molar-refractivity contribution < 1.29 is 0 Å². The topological polar surface area (TPSA) is 43.6 Å². The molecule has 2 aromatic rings. The zero-order valence-corrected chi connectivity index (χ0v) is 13.1. The Kier molecular flexibility index (Phi) is 2.58. The molecule has 2 aliphatic carbocycles. The van der Waals surface area contributed by atoms with Crippen LogP contribution in [0.3, 0.4) is 0 Å². The zero-order valence-electron chi connectivity index (χ0n) is 12.3. The van der Waals surface area contributed by atoms with Crippen LogP contribution in [0.1, 0.15) is 73.8 Å². The van der Waals surface area contributed by atoms with Crippen LogP contribution in [0.4, 0.5) is 0 Å². The Morgan fingerprint density at radius 1 is 1.20 bits per heavy atom. The van der Waals surface area contributed by atoms with Crippen LogP contribution in [-0.4, -0.2) is 19.7 Å². The molecule has 5 heteroatoms. The first-order valence-electron chi connectivity index (χ1n) is 7.45. The minimum atomic E-state index is -0.159. The predicted molar refractivity (Wildman–Crippen MR) is 79.2 cm³/mol. The van der Waals surface area contributed by atoms with Gasteiger partial charge in [0.15, 0.2) is 0 Å². The predicted octanol–water partition coefficient (Wildman–Crippen LogP) is 3.58. The minimum absolute atomic E-state index is 0.159. The maximum absolute atomic E-state index is 4.69. The lowest BCUT2D eigenvalue weighted by Gasteiger charge is -2.23. The number of thiazole rings is 1. The van der Waals surface area contributed by atoms with Crippen LogP contribution in [0.25, 0.3) is 0 Å². The molecule has 106 valence electrons. The summed E-state index contributed by atoms with van der Waals surface area (Å²) in [6, 6.07) is 0.634. The highest BCUT2D eigenvalue weighted by molar-refractivity contribution is 7.09. The average molecular weight is 288 g/mol. The van der Waals surface area contributed by atoms with Gasteiger partial charge in [-0.25, -0.2) is 4.98 Å². The monoisotopic (exact) mass is 288 g/mol. The molecule has 0 aliphatic heterocycles. The molecule has 2 aliphatic rings. The normalized spacial score (nSPS) is 19.6. The van der Waals surface area contributed by atoms with Crippen molar-refractivity contribution in [1.29, 1.82) is 0 Å². The molecule has 2 aromatic heterocycles. The molecule has 0 saturated heterocycles. The number of nitrogens with zero attached hydrogens (tertiary/aromatic N) is 4. The van der Waals surface area contributed by atoms with Crippen LogP contribution in [0, 0.1) is 6.92 Å². The third-order valence-corrected chi connectivity index (χ3v) is 5.17. The van der Waals surface area contributed by atoms with E-state index in [1.807, 2.05) is 0 Å². The van der Waals surface area contributed by atoms with Gasteiger partial charge in [-0.1, -0.05) is 0 Å². The summed E-state index contributed by atoms with van der Waals surface area (Å²) in [6.07, 6.45) is 5.11. The lowest BCUT2D eigenvalue weighted by Crippen LogP contribution is -2.25. The number of rotatable bonds is 4. The van der Waals surface area contributed by atoms with E-state index in [2.05, 4.69) is 45.9 Å². The van der Waals surface area contributed by atoms with Gasteiger partial charge < -0.3 is 4.57 Å². The maximum Gasteiger partial charge on any atom is 0.145 e. The van der Waals surface area contributed by atoms with Crippen LogP contribution in [-0.2, 0) is 5.41 Å². The highest BCUT2D eigenvalue weighted by Crippen LogP contribution is 2.46. The molecule has 0 aromatic carbocycles. The van der Waals surface area contributed by atoms with Crippen molar-refractivity contribution in [3.05, 3.63) is 27.7 Å². The van der Waals surface area contributed by atoms with E-state index in [0.29, 0.717) is 12.0 Å². The van der Waals surface area contributed by atoms with Crippen molar-refractivity contribution in [1.82, 2.24) is 19.7 Å². The summed E-state index contributed by atoms with van der Waals surface area (Å²) < 4.78 is 2.44. The van der Waals surface area contributed by atoms with Crippen LogP contribution >= 0.6 is 11.3 Å². The molecule has 0 N–H and O–H groups in total. The summed E-state index contributed by atoms with van der Waals surface area (Å²) in [5, 5.41) is 12.4. The van der Waals surface area contributed by atoms with Crippen LogP contribution in [0.5, 0.6) is 0 Å².